The van der Waals surface area contributed by atoms with Crippen molar-refractivity contribution in [2.75, 3.05) is 27.3 Å². The molecule has 10 nitrogen and oxygen atoms in total. The number of hydrogen-bond donors (Lipinski definition) is 5. The summed E-state index contributed by atoms with van der Waals surface area (Å²) in [7, 11) is 3.15. The molecule has 1 saturated heterocycles. The van der Waals surface area contributed by atoms with Gasteiger partial charge in [-0.15, -0.1) is 0 Å². The van der Waals surface area contributed by atoms with Crippen molar-refractivity contribution in [2.24, 2.45) is 17.6 Å². The highest BCUT2D eigenvalue weighted by Crippen LogP contribution is 2.53. The molecule has 4 aliphatic rings. The summed E-state index contributed by atoms with van der Waals surface area (Å²) in [6.45, 7) is 1.11. The van der Waals surface area contributed by atoms with E-state index in [0.29, 0.717) is 18.8 Å². The number of carbonyl (C=O) groups is 3. The van der Waals surface area contributed by atoms with Gasteiger partial charge in [0, 0.05) is 24.0 Å². The molecule has 0 spiro atoms. The average Bonchev–Trinajstić information content (AvgIpc) is 3.30. The highest BCUT2D eigenvalue weighted by molar-refractivity contribution is 6.24. The van der Waals surface area contributed by atoms with Crippen molar-refractivity contribution >= 4 is 23.2 Å². The van der Waals surface area contributed by atoms with E-state index in [4.69, 9.17) is 10.5 Å². The molecular weight excluding hydrogens is 456 g/mol. The van der Waals surface area contributed by atoms with Gasteiger partial charge in [0.25, 0.3) is 5.91 Å². The van der Waals surface area contributed by atoms with Crippen LogP contribution in [0.4, 0.5) is 0 Å². The van der Waals surface area contributed by atoms with Crippen molar-refractivity contribution < 1.29 is 39.5 Å². The van der Waals surface area contributed by atoms with Crippen LogP contribution in [-0.4, -0.2) is 81.8 Å². The maximum Gasteiger partial charge on any atom is 0.255 e. The number of nitrogens with two attached hydrogens (primary N) is 1. The van der Waals surface area contributed by atoms with Crippen LogP contribution >= 0.6 is 0 Å². The van der Waals surface area contributed by atoms with Crippen LogP contribution in [0.15, 0.2) is 29.0 Å². The van der Waals surface area contributed by atoms with Crippen LogP contribution in [0.5, 0.6) is 5.75 Å². The van der Waals surface area contributed by atoms with Gasteiger partial charge in [0.1, 0.15) is 22.8 Å². The largest absolute Gasteiger partial charge is 0.508 e. The molecule has 1 heterocycles. The van der Waals surface area contributed by atoms with E-state index in [1.54, 1.807) is 20.2 Å². The summed E-state index contributed by atoms with van der Waals surface area (Å²) in [5, 5.41) is 44.3. The summed E-state index contributed by atoms with van der Waals surface area (Å²) in [6, 6.07) is 2.16. The van der Waals surface area contributed by atoms with Crippen LogP contribution < -0.4 is 5.73 Å². The van der Waals surface area contributed by atoms with E-state index in [0.717, 1.165) is 12.0 Å². The second-order valence-corrected chi connectivity index (χ2v) is 10.0. The number of aromatic hydroxyl groups is 1. The Bertz CT molecular complexity index is 1230. The highest BCUT2D eigenvalue weighted by Gasteiger charge is 2.64. The Morgan fingerprint density at radius 2 is 1.89 bits per heavy atom. The summed E-state index contributed by atoms with van der Waals surface area (Å²) in [4.78, 5) is 40.4. The molecule has 186 valence electrons. The number of fused-ring (bicyclic) bond motifs is 3. The maximum absolute atomic E-state index is 13.8. The molecule has 0 bridgehead atoms. The number of hydrogen-bond acceptors (Lipinski definition) is 9. The molecule has 1 unspecified atom stereocenters. The van der Waals surface area contributed by atoms with Crippen molar-refractivity contribution in [3.05, 3.63) is 45.7 Å². The summed E-state index contributed by atoms with van der Waals surface area (Å²) >= 11 is 0. The maximum atomic E-state index is 13.8. The number of benzene rings is 1. The van der Waals surface area contributed by atoms with Crippen molar-refractivity contribution in [2.45, 2.75) is 36.8 Å². The number of amides is 1. The molecule has 5 rings (SSSR count). The normalized spacial score (nSPS) is 32.6. The van der Waals surface area contributed by atoms with E-state index in [-0.39, 0.29) is 35.6 Å². The predicted molar refractivity (Wildman–Crippen MR) is 122 cm³/mol. The van der Waals surface area contributed by atoms with Gasteiger partial charge in [-0.3, -0.25) is 19.3 Å². The third-order valence-corrected chi connectivity index (χ3v) is 8.01. The summed E-state index contributed by atoms with van der Waals surface area (Å²) in [6.07, 6.45) is 1.14. The fraction of sp³-hybridized carbons (Fsp3) is 0.480. The Morgan fingerprint density at radius 3 is 2.49 bits per heavy atom. The van der Waals surface area contributed by atoms with Crippen LogP contribution in [0.3, 0.4) is 0 Å². The number of aliphatic hydroxyl groups excluding tert-OH is 2. The number of phenols is 1. The van der Waals surface area contributed by atoms with Crippen LogP contribution in [-0.2, 0) is 25.5 Å². The molecule has 6 N–H and O–H groups in total. The highest BCUT2D eigenvalue weighted by atomic mass is 16.5. The number of rotatable bonds is 3. The molecule has 1 saturated carbocycles. The van der Waals surface area contributed by atoms with E-state index in [1.807, 2.05) is 0 Å². The van der Waals surface area contributed by atoms with Crippen molar-refractivity contribution in [3.8, 4) is 5.75 Å². The Hall–Kier alpha value is -3.21. The lowest BCUT2D eigenvalue weighted by atomic mass is 9.57. The lowest BCUT2D eigenvalue weighted by Crippen LogP contribution is -2.65. The Balaban J connectivity index is 1.72. The number of phenolic OH excluding ortho intramolecular Hbond substituents is 1. The molecule has 0 aromatic heterocycles. The molecule has 1 amide bonds. The van der Waals surface area contributed by atoms with Crippen LogP contribution in [0.25, 0.3) is 5.76 Å². The van der Waals surface area contributed by atoms with E-state index in [1.165, 1.54) is 11.0 Å². The smallest absolute Gasteiger partial charge is 0.255 e. The molecule has 35 heavy (non-hydrogen) atoms. The van der Waals surface area contributed by atoms with E-state index < -0.39 is 58.0 Å². The van der Waals surface area contributed by atoms with Gasteiger partial charge in [-0.05, 0) is 56.5 Å². The zero-order chi connectivity index (χ0) is 25.4. The standard InChI is InChI=1S/C25H28N2O8/c1-27(2)19-14-8-11-7-13-12(10-5-6-35-9-10)3-4-15(28)17(13)20(29)16(11)22(31)25(14,34)23(32)18(21(19)30)24(26)33/h3-4,10-11,14,19,28-29,32,34H,5-9H2,1-2H3,(H2,26,33)/t10?,11-,14-,19-,25-/m1/s1. The van der Waals surface area contributed by atoms with Gasteiger partial charge in [-0.1, -0.05) is 6.07 Å². The summed E-state index contributed by atoms with van der Waals surface area (Å²) in [5.74, 6) is -6.40. The fourth-order valence-corrected chi connectivity index (χ4v) is 6.43. The quantitative estimate of drug-likeness (QED) is 0.383. The number of primary amides is 1. The van der Waals surface area contributed by atoms with Crippen molar-refractivity contribution in [1.29, 1.82) is 0 Å². The molecule has 0 radical (unpaired) electrons. The lowest BCUT2D eigenvalue weighted by Gasteiger charge is -2.50. The van der Waals surface area contributed by atoms with Crippen molar-refractivity contribution in [3.63, 3.8) is 0 Å². The number of ether oxygens (including phenoxy) is 1. The minimum absolute atomic E-state index is 0.0715. The zero-order valence-electron chi connectivity index (χ0n) is 19.4. The minimum Gasteiger partial charge on any atom is -0.508 e. The molecule has 5 atom stereocenters. The van der Waals surface area contributed by atoms with Crippen LogP contribution in [0, 0.1) is 11.8 Å². The molecule has 3 aliphatic carbocycles. The summed E-state index contributed by atoms with van der Waals surface area (Å²) in [5.41, 5.74) is 3.47. The first-order valence-corrected chi connectivity index (χ1v) is 11.6. The topological polar surface area (TPSA) is 171 Å². The van der Waals surface area contributed by atoms with Gasteiger partial charge in [0.2, 0.25) is 5.78 Å². The molecule has 1 aromatic rings. The third kappa shape index (κ3) is 3.10. The third-order valence-electron chi connectivity index (χ3n) is 8.01. The van der Waals surface area contributed by atoms with E-state index in [2.05, 4.69) is 0 Å². The van der Waals surface area contributed by atoms with Gasteiger partial charge in [-0.2, -0.15) is 0 Å². The number of nitrogens with zero attached hydrogens (tertiary/aromatic N) is 1. The molecule has 2 fully saturated rings. The Labute approximate surface area is 201 Å². The first-order chi connectivity index (χ1) is 16.5. The van der Waals surface area contributed by atoms with Gasteiger partial charge < -0.3 is 30.9 Å². The minimum atomic E-state index is -2.63. The number of carbonyl (C=O) groups excluding carboxylic acids is 3. The summed E-state index contributed by atoms with van der Waals surface area (Å²) < 4.78 is 5.52. The molecule has 1 aliphatic heterocycles. The Morgan fingerprint density at radius 1 is 1.17 bits per heavy atom. The number of Topliss-reactive ketones (excluding diaryl/α,β-unsaturated/α-hetero) is 2. The van der Waals surface area contributed by atoms with E-state index in [9.17, 15) is 34.8 Å². The second-order valence-electron chi connectivity index (χ2n) is 10.0. The monoisotopic (exact) mass is 484 g/mol. The van der Waals surface area contributed by atoms with Gasteiger partial charge in [0.15, 0.2) is 11.4 Å². The van der Waals surface area contributed by atoms with Gasteiger partial charge >= 0.3 is 0 Å². The molecular formula is C25H28N2O8. The number of likely N-dealkylation sites (N-methyl/N-ethyl adjacent to an activating group) is 1. The van der Waals surface area contributed by atoms with Gasteiger partial charge in [-0.25, -0.2) is 0 Å². The molecule has 10 heteroatoms. The average molecular weight is 485 g/mol. The Kier molecular flexibility index (Phi) is 5.31. The SMILES string of the molecule is CN(C)[C@H]1C(=O)C(C(N)=O)=C(O)[C@]2(O)C(=O)C3=C(O)c4c(O)ccc(C5CCOC5)c4C[C@@H]3C[C@H]12. The van der Waals surface area contributed by atoms with Gasteiger partial charge in [0.05, 0.1) is 18.2 Å². The zero-order valence-corrected chi connectivity index (χ0v) is 19.4. The lowest BCUT2D eigenvalue weighted by molar-refractivity contribution is -0.153. The fourth-order valence-electron chi connectivity index (χ4n) is 6.43. The van der Waals surface area contributed by atoms with Crippen molar-refractivity contribution in [1.82, 2.24) is 4.90 Å². The number of aliphatic hydroxyl groups is 3. The first-order valence-electron chi connectivity index (χ1n) is 11.6. The predicted octanol–water partition coefficient (Wildman–Crippen LogP) is 0.468. The van der Waals surface area contributed by atoms with E-state index >= 15 is 0 Å². The first kappa shape index (κ1) is 23.5. The number of ketones is 2. The molecule has 1 aromatic carbocycles. The van der Waals surface area contributed by atoms with Crippen LogP contribution in [0.2, 0.25) is 0 Å². The second kappa shape index (κ2) is 7.91. The van der Waals surface area contributed by atoms with Crippen LogP contribution in [0.1, 0.15) is 35.4 Å².